The summed E-state index contributed by atoms with van der Waals surface area (Å²) < 4.78 is 0. The molecule has 0 spiro atoms. The largest absolute Gasteiger partial charge is 0.396 e. The van der Waals surface area contributed by atoms with Crippen LogP contribution in [0.5, 0.6) is 0 Å². The lowest BCUT2D eigenvalue weighted by atomic mass is 10.1. The van der Waals surface area contributed by atoms with Gasteiger partial charge in [0.1, 0.15) is 0 Å². The molecule has 1 aliphatic heterocycles. The molecule has 0 saturated carbocycles. The molecule has 0 aliphatic carbocycles. The van der Waals surface area contributed by atoms with Crippen molar-refractivity contribution in [2.24, 2.45) is 0 Å². The van der Waals surface area contributed by atoms with Crippen molar-refractivity contribution in [1.82, 2.24) is 0 Å². The van der Waals surface area contributed by atoms with Gasteiger partial charge in [-0.3, -0.25) is 0 Å². The maximum absolute atomic E-state index is 8.84. The van der Waals surface area contributed by atoms with Crippen LogP contribution in [0.25, 0.3) is 0 Å². The molecular weight excluding hydrogens is 200 g/mol. The number of rotatable bonds is 3. The molecule has 0 fully saturated rings. The van der Waals surface area contributed by atoms with E-state index in [0.29, 0.717) is 0 Å². The molecule has 0 radical (unpaired) electrons. The molecule has 3 nitrogen and oxygen atoms in total. The first-order chi connectivity index (χ1) is 7.72. The maximum Gasteiger partial charge on any atom is 0.0604 e. The number of aryl methyl sites for hydroxylation is 1. The van der Waals surface area contributed by atoms with Crippen molar-refractivity contribution in [2.45, 2.75) is 12.8 Å². The smallest absolute Gasteiger partial charge is 0.0604 e. The topological polar surface area (TPSA) is 26.7 Å². The molecule has 0 saturated heterocycles. The summed E-state index contributed by atoms with van der Waals surface area (Å²) in [5, 5.41) is 8.84. The summed E-state index contributed by atoms with van der Waals surface area (Å²) in [6, 6.07) is 6.61. The van der Waals surface area contributed by atoms with Crippen molar-refractivity contribution < 1.29 is 5.11 Å². The van der Waals surface area contributed by atoms with Crippen LogP contribution < -0.4 is 9.80 Å². The van der Waals surface area contributed by atoms with Crippen LogP contribution in [0.3, 0.4) is 0 Å². The molecule has 1 aromatic carbocycles. The highest BCUT2D eigenvalue weighted by atomic mass is 16.2. The fraction of sp³-hybridized carbons (Fsp3) is 0.538. The molecule has 1 N–H and O–H groups in total. The third-order valence-electron chi connectivity index (χ3n) is 3.26. The summed E-state index contributed by atoms with van der Waals surface area (Å²) in [5.41, 5.74) is 3.93. The SMILES string of the molecule is CN1CCN(C)c2cc(CCCO)ccc21. The van der Waals surface area contributed by atoms with Crippen molar-refractivity contribution in [3.05, 3.63) is 23.8 Å². The Kier molecular flexibility index (Phi) is 3.34. The van der Waals surface area contributed by atoms with E-state index in [4.69, 9.17) is 5.11 Å². The zero-order valence-corrected chi connectivity index (χ0v) is 10.1. The Balaban J connectivity index is 2.25. The highest BCUT2D eigenvalue weighted by Crippen LogP contribution is 2.32. The number of hydrogen-bond donors (Lipinski definition) is 1. The van der Waals surface area contributed by atoms with E-state index in [-0.39, 0.29) is 6.61 Å². The number of likely N-dealkylation sites (N-methyl/N-ethyl adjacent to an activating group) is 2. The molecule has 0 unspecified atom stereocenters. The van der Waals surface area contributed by atoms with Gasteiger partial charge in [-0.1, -0.05) is 6.07 Å². The molecular formula is C13H20N2O. The van der Waals surface area contributed by atoms with Gasteiger partial charge < -0.3 is 14.9 Å². The second-order valence-electron chi connectivity index (χ2n) is 4.49. The summed E-state index contributed by atoms with van der Waals surface area (Å²) in [6.45, 7) is 2.43. The number of aliphatic hydroxyl groups is 1. The highest BCUT2D eigenvalue weighted by molar-refractivity contribution is 5.73. The van der Waals surface area contributed by atoms with Gasteiger partial charge in [0.05, 0.1) is 11.4 Å². The van der Waals surface area contributed by atoms with Gasteiger partial charge in [-0.15, -0.1) is 0 Å². The van der Waals surface area contributed by atoms with Gasteiger partial charge in [0.25, 0.3) is 0 Å². The zero-order valence-electron chi connectivity index (χ0n) is 10.1. The second-order valence-corrected chi connectivity index (χ2v) is 4.49. The third-order valence-corrected chi connectivity index (χ3v) is 3.26. The van der Waals surface area contributed by atoms with Crippen LogP contribution in [-0.4, -0.2) is 38.9 Å². The van der Waals surface area contributed by atoms with Gasteiger partial charge in [-0.05, 0) is 30.5 Å². The fourth-order valence-corrected chi connectivity index (χ4v) is 2.18. The Labute approximate surface area is 97.3 Å². The van der Waals surface area contributed by atoms with Crippen molar-refractivity contribution in [2.75, 3.05) is 43.6 Å². The zero-order chi connectivity index (χ0) is 11.5. The molecule has 0 aromatic heterocycles. The molecule has 1 aromatic rings. The molecule has 2 rings (SSSR count). The van der Waals surface area contributed by atoms with E-state index in [0.717, 1.165) is 25.9 Å². The maximum atomic E-state index is 8.84. The normalized spacial score (nSPS) is 15.2. The Hall–Kier alpha value is -1.22. The molecule has 1 aliphatic rings. The summed E-state index contributed by atoms with van der Waals surface area (Å²) in [7, 11) is 4.28. The molecule has 0 bridgehead atoms. The molecule has 88 valence electrons. The molecule has 1 heterocycles. The van der Waals surface area contributed by atoms with Gasteiger partial charge in [0.15, 0.2) is 0 Å². The number of fused-ring (bicyclic) bond motifs is 1. The fourth-order valence-electron chi connectivity index (χ4n) is 2.18. The van der Waals surface area contributed by atoms with Crippen LogP contribution in [0.15, 0.2) is 18.2 Å². The van der Waals surface area contributed by atoms with Gasteiger partial charge >= 0.3 is 0 Å². The second kappa shape index (κ2) is 4.74. The number of benzene rings is 1. The van der Waals surface area contributed by atoms with E-state index in [2.05, 4.69) is 42.1 Å². The summed E-state index contributed by atoms with van der Waals surface area (Å²) in [4.78, 5) is 4.60. The van der Waals surface area contributed by atoms with Crippen molar-refractivity contribution in [3.63, 3.8) is 0 Å². The van der Waals surface area contributed by atoms with Crippen molar-refractivity contribution in [3.8, 4) is 0 Å². The van der Waals surface area contributed by atoms with E-state index < -0.39 is 0 Å². The van der Waals surface area contributed by atoms with Gasteiger partial charge in [-0.25, -0.2) is 0 Å². The number of hydrogen-bond acceptors (Lipinski definition) is 3. The Bertz CT molecular complexity index is 365. The standard InChI is InChI=1S/C13H20N2O/c1-14-7-8-15(2)13-10-11(4-3-9-16)5-6-12(13)14/h5-6,10,16H,3-4,7-9H2,1-2H3. The lowest BCUT2D eigenvalue weighted by Gasteiger charge is -2.35. The third kappa shape index (κ3) is 2.14. The lowest BCUT2D eigenvalue weighted by Crippen LogP contribution is -2.36. The van der Waals surface area contributed by atoms with Gasteiger partial charge in [0.2, 0.25) is 0 Å². The van der Waals surface area contributed by atoms with E-state index in [1.54, 1.807) is 0 Å². The van der Waals surface area contributed by atoms with E-state index in [1.807, 2.05) is 0 Å². The Morgan fingerprint density at radius 3 is 2.50 bits per heavy atom. The quantitative estimate of drug-likeness (QED) is 0.836. The summed E-state index contributed by atoms with van der Waals surface area (Å²) in [6.07, 6.45) is 1.81. The first kappa shape index (κ1) is 11.3. The first-order valence-electron chi connectivity index (χ1n) is 5.88. The van der Waals surface area contributed by atoms with Crippen LogP contribution >= 0.6 is 0 Å². The van der Waals surface area contributed by atoms with Gasteiger partial charge in [0, 0.05) is 33.8 Å². The minimum atomic E-state index is 0.271. The predicted molar refractivity (Wildman–Crippen MR) is 68.4 cm³/mol. The predicted octanol–water partition coefficient (Wildman–Crippen LogP) is 1.50. The van der Waals surface area contributed by atoms with Gasteiger partial charge in [-0.2, -0.15) is 0 Å². The van der Waals surface area contributed by atoms with E-state index >= 15 is 0 Å². The molecule has 0 amide bonds. The average molecular weight is 220 g/mol. The number of nitrogens with zero attached hydrogens (tertiary/aromatic N) is 2. The minimum absolute atomic E-state index is 0.271. The molecule has 3 heteroatoms. The summed E-state index contributed by atoms with van der Waals surface area (Å²) in [5.74, 6) is 0. The molecule has 0 atom stereocenters. The first-order valence-corrected chi connectivity index (χ1v) is 5.88. The Morgan fingerprint density at radius 1 is 1.12 bits per heavy atom. The average Bonchev–Trinajstić information content (AvgIpc) is 2.31. The summed E-state index contributed by atoms with van der Waals surface area (Å²) >= 11 is 0. The molecule has 16 heavy (non-hydrogen) atoms. The van der Waals surface area contributed by atoms with Crippen LogP contribution in [-0.2, 0) is 6.42 Å². The lowest BCUT2D eigenvalue weighted by molar-refractivity contribution is 0.288. The van der Waals surface area contributed by atoms with Crippen LogP contribution in [0.1, 0.15) is 12.0 Å². The van der Waals surface area contributed by atoms with E-state index in [1.165, 1.54) is 16.9 Å². The van der Waals surface area contributed by atoms with Crippen molar-refractivity contribution in [1.29, 1.82) is 0 Å². The highest BCUT2D eigenvalue weighted by Gasteiger charge is 2.17. The van der Waals surface area contributed by atoms with Crippen LogP contribution in [0.2, 0.25) is 0 Å². The van der Waals surface area contributed by atoms with Crippen LogP contribution in [0, 0.1) is 0 Å². The van der Waals surface area contributed by atoms with E-state index in [9.17, 15) is 0 Å². The van der Waals surface area contributed by atoms with Crippen molar-refractivity contribution >= 4 is 11.4 Å². The number of aliphatic hydroxyl groups excluding tert-OH is 1. The Morgan fingerprint density at radius 2 is 1.81 bits per heavy atom. The minimum Gasteiger partial charge on any atom is -0.396 e. The van der Waals surface area contributed by atoms with Crippen LogP contribution in [0.4, 0.5) is 11.4 Å². The monoisotopic (exact) mass is 220 g/mol. The number of anilines is 2.